The van der Waals surface area contributed by atoms with Crippen LogP contribution in [-0.2, 0) is 23.2 Å². The molecular weight excluding hydrogens is 619 g/mol. The van der Waals surface area contributed by atoms with E-state index in [1.807, 2.05) is 0 Å². The van der Waals surface area contributed by atoms with E-state index in [0.717, 1.165) is 0 Å². The van der Waals surface area contributed by atoms with Crippen LogP contribution in [-0.4, -0.2) is 0 Å². The minimum atomic E-state index is -0.950. The van der Waals surface area contributed by atoms with Gasteiger partial charge in [0.05, 0.1) is 0 Å². The van der Waals surface area contributed by atoms with E-state index in [-0.39, 0.29) is 24.8 Å². The zero-order valence-electron chi connectivity index (χ0n) is 24.4. The van der Waals surface area contributed by atoms with Crippen LogP contribution in [0, 0.1) is 12.8 Å². The topological polar surface area (TPSA) is 0 Å². The third-order valence-electron chi connectivity index (χ3n) is 8.82. The maximum atomic E-state index is 2.63. The molecule has 0 N–H and O–H groups in total. The Morgan fingerprint density at radius 2 is 1.29 bits per heavy atom. The number of fused-ring (bicyclic) bond motifs is 2. The van der Waals surface area contributed by atoms with Crippen molar-refractivity contribution in [3.8, 4) is 22.3 Å². The van der Waals surface area contributed by atoms with E-state index in [0.29, 0.717) is 13.2 Å². The van der Waals surface area contributed by atoms with Gasteiger partial charge in [-0.2, -0.15) is 0 Å². The van der Waals surface area contributed by atoms with Crippen molar-refractivity contribution in [1.82, 2.24) is 0 Å². The van der Waals surface area contributed by atoms with Crippen molar-refractivity contribution in [3.63, 3.8) is 0 Å². The molecule has 208 valence electrons. The summed E-state index contributed by atoms with van der Waals surface area (Å²) in [6, 6.07) is 33.8. The normalized spacial score (nSPS) is 17.3. The molecule has 4 aromatic rings. The van der Waals surface area contributed by atoms with E-state index in [9.17, 15) is 0 Å². The summed E-state index contributed by atoms with van der Waals surface area (Å²) < 4.78 is 1.24. The number of halogens is 2. The Balaban J connectivity index is 0.00000194. The van der Waals surface area contributed by atoms with E-state index < -0.39 is 23.2 Å². The molecule has 2 aliphatic rings. The maximum Gasteiger partial charge on any atom is -1.00 e. The molecule has 0 bridgehead atoms. The van der Waals surface area contributed by atoms with Gasteiger partial charge in [0.1, 0.15) is 0 Å². The fourth-order valence-electron chi connectivity index (χ4n) is 6.86. The number of allylic oxidation sites excluding steroid dienone is 2. The Morgan fingerprint density at radius 1 is 0.659 bits per heavy atom. The Labute approximate surface area is 270 Å². The Morgan fingerprint density at radius 3 is 1.90 bits per heavy atom. The van der Waals surface area contributed by atoms with Crippen molar-refractivity contribution in [3.05, 3.63) is 130 Å². The van der Waals surface area contributed by atoms with Gasteiger partial charge < -0.3 is 24.8 Å². The molecule has 0 radical (unpaired) electrons. The first kappa shape index (κ1) is 31.8. The number of aryl methyl sites for hydroxylation is 1. The summed E-state index contributed by atoms with van der Waals surface area (Å²) >= 11 is -0.950. The van der Waals surface area contributed by atoms with E-state index >= 15 is 0 Å². The predicted octanol–water partition coefficient (Wildman–Crippen LogP) is 4.84. The summed E-state index contributed by atoms with van der Waals surface area (Å²) in [5.41, 5.74) is 16.4. The summed E-state index contributed by atoms with van der Waals surface area (Å²) in [5.74, 6) is 0.679. The van der Waals surface area contributed by atoms with Gasteiger partial charge in [-0.15, -0.1) is 0 Å². The van der Waals surface area contributed by atoms with Crippen LogP contribution >= 0.6 is 0 Å². The SMILES string of the molecule is CCCC(CC)C1=Cc2c(-c3ccccc3)cccc2[CH]1[Zr+2][CH]1C(C)=Cc2c(-c3ccccc3)ccc(C)c21.[Cl-].[Cl-]. The van der Waals surface area contributed by atoms with Gasteiger partial charge in [0.25, 0.3) is 0 Å². The number of benzene rings is 4. The van der Waals surface area contributed by atoms with Gasteiger partial charge in [0, 0.05) is 0 Å². The first-order valence-electron chi connectivity index (χ1n) is 14.6. The fraction of sp³-hybridized carbons (Fsp3) is 0.263. The van der Waals surface area contributed by atoms with Crippen LogP contribution in [0.2, 0.25) is 0 Å². The van der Waals surface area contributed by atoms with Crippen molar-refractivity contribution < 1.29 is 48.0 Å². The quantitative estimate of drug-likeness (QED) is 0.255. The monoisotopic (exact) mass is 654 g/mol. The van der Waals surface area contributed by atoms with Gasteiger partial charge in [-0.05, 0) is 0 Å². The summed E-state index contributed by atoms with van der Waals surface area (Å²) in [4.78, 5) is 0. The van der Waals surface area contributed by atoms with Crippen LogP contribution in [0.15, 0.2) is 102 Å². The average Bonchev–Trinajstić information content (AvgIpc) is 3.51. The molecular formula is C38H38Cl2Zr. The molecule has 0 spiro atoms. The molecule has 0 aliphatic heterocycles. The van der Waals surface area contributed by atoms with Gasteiger partial charge in [-0.3, -0.25) is 0 Å². The molecule has 41 heavy (non-hydrogen) atoms. The van der Waals surface area contributed by atoms with E-state index in [2.05, 4.69) is 131 Å². The van der Waals surface area contributed by atoms with Crippen molar-refractivity contribution >= 4 is 12.2 Å². The van der Waals surface area contributed by atoms with E-state index in [1.165, 1.54) is 58.2 Å². The molecule has 0 saturated carbocycles. The average molecular weight is 657 g/mol. The molecule has 4 aromatic carbocycles. The van der Waals surface area contributed by atoms with Crippen LogP contribution in [0.1, 0.15) is 75.1 Å². The Hall–Kier alpha value is -2.18. The molecule has 3 unspecified atom stereocenters. The van der Waals surface area contributed by atoms with Crippen LogP contribution in [0.4, 0.5) is 0 Å². The predicted molar refractivity (Wildman–Crippen MR) is 164 cm³/mol. The Kier molecular flexibility index (Phi) is 10.7. The second kappa shape index (κ2) is 13.9. The van der Waals surface area contributed by atoms with Crippen LogP contribution in [0.5, 0.6) is 0 Å². The largest absolute Gasteiger partial charge is 1.00 e. The van der Waals surface area contributed by atoms with E-state index in [4.69, 9.17) is 0 Å². The van der Waals surface area contributed by atoms with Crippen LogP contribution < -0.4 is 24.8 Å². The standard InChI is InChI=1S/C21H23.C17H15.2ClH.Zr/c1-3-9-16(4-2)19-14-18-12-8-13-20(21(18)15-19)17-10-6-5-7-11-17;1-12-10-16-13(2)8-9-15(17(16)11-12)14-6-4-3-5-7-14;;;/h5-8,10-16H,3-4,9H2,1-2H3;3-11H,1-2H3;2*1H;/q;;;;+2/p-2. The molecule has 0 amide bonds. The third-order valence-corrected chi connectivity index (χ3v) is 13.9. The molecule has 0 nitrogen and oxygen atoms in total. The van der Waals surface area contributed by atoms with Gasteiger partial charge in [0.2, 0.25) is 0 Å². The van der Waals surface area contributed by atoms with Crippen molar-refractivity contribution in [2.45, 2.75) is 54.2 Å². The van der Waals surface area contributed by atoms with Gasteiger partial charge in [0.15, 0.2) is 0 Å². The molecule has 3 atom stereocenters. The summed E-state index contributed by atoms with van der Waals surface area (Å²) in [6.45, 7) is 9.49. The first-order chi connectivity index (χ1) is 19.1. The number of rotatable bonds is 8. The zero-order chi connectivity index (χ0) is 26.9. The van der Waals surface area contributed by atoms with Crippen molar-refractivity contribution in [2.24, 2.45) is 5.92 Å². The van der Waals surface area contributed by atoms with Gasteiger partial charge >= 0.3 is 248 Å². The number of hydrogen-bond acceptors (Lipinski definition) is 0. The summed E-state index contributed by atoms with van der Waals surface area (Å²) in [6.07, 6.45) is 8.94. The minimum Gasteiger partial charge on any atom is -1.00 e. The molecule has 2 aliphatic carbocycles. The number of hydrogen-bond donors (Lipinski definition) is 0. The van der Waals surface area contributed by atoms with Crippen molar-refractivity contribution in [2.75, 3.05) is 0 Å². The zero-order valence-corrected chi connectivity index (χ0v) is 28.4. The summed E-state index contributed by atoms with van der Waals surface area (Å²) in [5, 5.41) is 0. The molecule has 0 heterocycles. The van der Waals surface area contributed by atoms with E-state index in [1.54, 1.807) is 22.3 Å². The fourth-order valence-corrected chi connectivity index (χ4v) is 12.2. The second-order valence-corrected chi connectivity index (χ2v) is 14.9. The molecule has 6 rings (SSSR count). The van der Waals surface area contributed by atoms with Crippen LogP contribution in [0.3, 0.4) is 0 Å². The molecule has 0 fully saturated rings. The summed E-state index contributed by atoms with van der Waals surface area (Å²) in [7, 11) is 0. The smallest absolute Gasteiger partial charge is 1.00 e. The van der Waals surface area contributed by atoms with Crippen LogP contribution in [0.25, 0.3) is 34.4 Å². The van der Waals surface area contributed by atoms with Gasteiger partial charge in [-0.1, -0.05) is 0 Å². The van der Waals surface area contributed by atoms with Gasteiger partial charge in [-0.25, -0.2) is 0 Å². The third kappa shape index (κ3) is 6.02. The molecule has 0 saturated heterocycles. The second-order valence-electron chi connectivity index (χ2n) is 11.3. The molecule has 0 aromatic heterocycles. The first-order valence-corrected chi connectivity index (χ1v) is 17.5. The maximum absolute atomic E-state index is 2.63. The minimum absolute atomic E-state index is 0. The molecule has 3 heteroatoms. The van der Waals surface area contributed by atoms with Crippen molar-refractivity contribution in [1.29, 1.82) is 0 Å². The Bertz CT molecular complexity index is 1550.